The van der Waals surface area contributed by atoms with Gasteiger partial charge in [0.1, 0.15) is 0 Å². The molecule has 0 saturated heterocycles. The summed E-state index contributed by atoms with van der Waals surface area (Å²) in [4.78, 5) is 41.7. The minimum atomic E-state index is -2.13. The van der Waals surface area contributed by atoms with E-state index in [1.165, 1.54) is 6.92 Å². The molecule has 1 rings (SSSR count). The number of carbonyl (C=O) groups is 2. The van der Waals surface area contributed by atoms with Gasteiger partial charge >= 0.3 is 12.1 Å². The Bertz CT molecular complexity index is 554. The summed E-state index contributed by atoms with van der Waals surface area (Å²) >= 11 is 5.84. The average molecular weight is 392 g/mol. The lowest BCUT2D eigenvalue weighted by molar-refractivity contribution is -0.164. The van der Waals surface area contributed by atoms with Crippen molar-refractivity contribution in [3.05, 3.63) is 34.9 Å². The summed E-state index contributed by atoms with van der Waals surface area (Å²) in [5.41, 5.74) is 0.808. The summed E-state index contributed by atoms with van der Waals surface area (Å²) in [5, 5.41) is 3.10. The first-order valence-corrected chi connectivity index (χ1v) is 9.67. The van der Waals surface area contributed by atoms with Crippen molar-refractivity contribution in [2.75, 3.05) is 12.7 Å². The number of ether oxygens (including phenoxy) is 2. The van der Waals surface area contributed by atoms with Gasteiger partial charge in [0.15, 0.2) is 8.38 Å². The molecule has 0 heterocycles. The molecule has 0 aliphatic rings. The van der Waals surface area contributed by atoms with E-state index in [9.17, 15) is 19.4 Å². The van der Waals surface area contributed by atoms with E-state index in [2.05, 4.69) is 5.32 Å². The smallest absolute Gasteiger partial charge is 0.410 e. The maximum Gasteiger partial charge on any atom is 0.410 e. The largest absolute Gasteiger partial charge is 0.425 e. The second kappa shape index (κ2) is 11.3. The fraction of sp³-hybridized carbons (Fsp3) is 0.500. The minimum absolute atomic E-state index is 0.0955. The van der Waals surface area contributed by atoms with Gasteiger partial charge in [0, 0.05) is 37.0 Å². The quantitative estimate of drug-likeness (QED) is 0.339. The van der Waals surface area contributed by atoms with Gasteiger partial charge < -0.3 is 24.6 Å². The molecule has 0 spiro atoms. The van der Waals surface area contributed by atoms with Crippen LogP contribution in [0.2, 0.25) is 5.02 Å². The van der Waals surface area contributed by atoms with Crippen LogP contribution in [0.5, 0.6) is 0 Å². The Morgan fingerprint density at radius 3 is 2.44 bits per heavy atom. The van der Waals surface area contributed by atoms with Crippen molar-refractivity contribution in [2.45, 2.75) is 38.9 Å². The molecule has 1 amide bonds. The number of nitrogens with one attached hydrogen (secondary N) is 1. The Hall–Kier alpha value is -1.40. The predicted molar refractivity (Wildman–Crippen MR) is 95.4 cm³/mol. The van der Waals surface area contributed by atoms with Crippen molar-refractivity contribution < 1.29 is 28.8 Å². The van der Waals surface area contributed by atoms with Crippen LogP contribution in [0.4, 0.5) is 4.79 Å². The Kier molecular flexibility index (Phi) is 9.75. The zero-order valence-corrected chi connectivity index (χ0v) is 15.8. The van der Waals surface area contributed by atoms with Crippen LogP contribution in [-0.4, -0.2) is 40.8 Å². The zero-order valence-electron chi connectivity index (χ0n) is 14.1. The van der Waals surface area contributed by atoms with E-state index in [4.69, 9.17) is 21.1 Å². The zero-order chi connectivity index (χ0) is 18.8. The van der Waals surface area contributed by atoms with Crippen LogP contribution in [0.15, 0.2) is 24.3 Å². The Labute approximate surface area is 153 Å². The van der Waals surface area contributed by atoms with Crippen LogP contribution >= 0.6 is 20.0 Å². The first kappa shape index (κ1) is 21.6. The molecule has 7 nitrogen and oxygen atoms in total. The molecular weight excluding hydrogens is 369 g/mol. The van der Waals surface area contributed by atoms with Crippen molar-refractivity contribution in [2.24, 2.45) is 0 Å². The van der Waals surface area contributed by atoms with Gasteiger partial charge in [-0.05, 0) is 24.1 Å². The molecule has 0 saturated carbocycles. The number of alkyl carbamates (subject to hydrolysis) is 1. The Morgan fingerprint density at radius 1 is 1.24 bits per heavy atom. The van der Waals surface area contributed by atoms with E-state index in [1.54, 1.807) is 24.3 Å². The maximum absolute atomic E-state index is 11.8. The molecule has 25 heavy (non-hydrogen) atoms. The Morgan fingerprint density at radius 2 is 1.88 bits per heavy atom. The minimum Gasteiger partial charge on any atom is -0.425 e. The van der Waals surface area contributed by atoms with Gasteiger partial charge in [-0.3, -0.25) is 4.79 Å². The molecule has 1 unspecified atom stereocenters. The lowest BCUT2D eigenvalue weighted by Crippen LogP contribution is -2.33. The molecular formula is C16H23ClNO6P. The highest BCUT2D eigenvalue weighted by atomic mass is 35.5. The first-order valence-electron chi connectivity index (χ1n) is 7.86. The topological polar surface area (TPSA) is 105 Å². The third-order valence-corrected chi connectivity index (χ3v) is 4.26. The van der Waals surface area contributed by atoms with Gasteiger partial charge in [0.2, 0.25) is 6.29 Å². The summed E-state index contributed by atoms with van der Waals surface area (Å²) in [5.74, 6) is -0.753. The van der Waals surface area contributed by atoms with E-state index in [-0.39, 0.29) is 25.0 Å². The van der Waals surface area contributed by atoms with Crippen molar-refractivity contribution in [1.29, 1.82) is 0 Å². The van der Waals surface area contributed by atoms with Gasteiger partial charge in [-0.2, -0.15) is 0 Å². The van der Waals surface area contributed by atoms with Crippen LogP contribution in [0, 0.1) is 0 Å². The van der Waals surface area contributed by atoms with Crippen molar-refractivity contribution in [1.82, 2.24) is 5.32 Å². The predicted octanol–water partition coefficient (Wildman–Crippen LogP) is 3.14. The van der Waals surface area contributed by atoms with Crippen LogP contribution < -0.4 is 5.32 Å². The maximum atomic E-state index is 11.8. The normalized spacial score (nSPS) is 13.2. The summed E-state index contributed by atoms with van der Waals surface area (Å²) in [6.45, 7) is 3.42. The SMILES string of the molecule is CCCC(=O)OC(C)OC(=O)NC[C@@H](CP(O)O)c1ccc(Cl)cc1. The third-order valence-electron chi connectivity index (χ3n) is 3.24. The first-order chi connectivity index (χ1) is 11.8. The number of benzene rings is 1. The van der Waals surface area contributed by atoms with Crippen LogP contribution in [0.3, 0.4) is 0 Å². The monoisotopic (exact) mass is 391 g/mol. The molecule has 1 aromatic rings. The number of hydrogen-bond acceptors (Lipinski definition) is 6. The lowest BCUT2D eigenvalue weighted by atomic mass is 10.0. The molecule has 1 aromatic carbocycles. The van der Waals surface area contributed by atoms with Gasteiger partial charge in [0.25, 0.3) is 0 Å². The van der Waals surface area contributed by atoms with E-state index in [1.807, 2.05) is 6.92 Å². The number of rotatable bonds is 9. The van der Waals surface area contributed by atoms with Crippen LogP contribution in [0.25, 0.3) is 0 Å². The standard InChI is InChI=1S/C16H23ClNO6P/c1-3-4-15(19)23-11(2)24-16(20)18-9-13(10-25(21)22)12-5-7-14(17)8-6-12/h5-8,11,13,21-22H,3-4,9-10H2,1-2H3,(H,18,20)/t11?,13-/m0/s1. The number of esters is 1. The second-order valence-electron chi connectivity index (χ2n) is 5.40. The van der Waals surface area contributed by atoms with E-state index < -0.39 is 26.7 Å². The Balaban J connectivity index is 2.53. The molecule has 0 aliphatic heterocycles. The molecule has 2 atom stereocenters. The molecule has 9 heteroatoms. The van der Waals surface area contributed by atoms with Crippen molar-refractivity contribution in [3.63, 3.8) is 0 Å². The fourth-order valence-electron chi connectivity index (χ4n) is 2.09. The van der Waals surface area contributed by atoms with Crippen LogP contribution in [0.1, 0.15) is 38.2 Å². The van der Waals surface area contributed by atoms with Crippen molar-refractivity contribution >= 4 is 32.0 Å². The summed E-state index contributed by atoms with van der Waals surface area (Å²) < 4.78 is 9.86. The van der Waals surface area contributed by atoms with Gasteiger partial charge in [-0.25, -0.2) is 4.79 Å². The summed E-state index contributed by atoms with van der Waals surface area (Å²) in [6, 6.07) is 6.89. The molecule has 0 fully saturated rings. The molecule has 0 radical (unpaired) electrons. The number of halogens is 1. The average Bonchev–Trinajstić information content (AvgIpc) is 2.52. The highest BCUT2D eigenvalue weighted by molar-refractivity contribution is 7.45. The number of carbonyl (C=O) groups excluding carboxylic acids is 2. The van der Waals surface area contributed by atoms with E-state index >= 15 is 0 Å². The van der Waals surface area contributed by atoms with Gasteiger partial charge in [-0.15, -0.1) is 0 Å². The van der Waals surface area contributed by atoms with E-state index in [0.29, 0.717) is 11.4 Å². The third kappa shape index (κ3) is 9.02. The summed E-state index contributed by atoms with van der Waals surface area (Å²) in [6.07, 6.45) is -0.758. The number of hydrogen-bond donors (Lipinski definition) is 3. The lowest BCUT2D eigenvalue weighted by Gasteiger charge is -2.20. The highest BCUT2D eigenvalue weighted by Crippen LogP contribution is 2.32. The second-order valence-corrected chi connectivity index (χ2v) is 6.94. The summed E-state index contributed by atoms with van der Waals surface area (Å²) in [7, 11) is -2.13. The van der Waals surface area contributed by atoms with Crippen LogP contribution in [-0.2, 0) is 14.3 Å². The molecule has 140 valence electrons. The molecule has 0 bridgehead atoms. The van der Waals surface area contributed by atoms with Crippen molar-refractivity contribution in [3.8, 4) is 0 Å². The molecule has 0 aliphatic carbocycles. The molecule has 0 aromatic heterocycles. The van der Waals surface area contributed by atoms with E-state index in [0.717, 1.165) is 5.56 Å². The molecule has 3 N–H and O–H groups in total. The van der Waals surface area contributed by atoms with Gasteiger partial charge in [-0.1, -0.05) is 30.7 Å². The van der Waals surface area contributed by atoms with Gasteiger partial charge in [0.05, 0.1) is 0 Å². The fourth-order valence-corrected chi connectivity index (χ4v) is 2.95. The number of amides is 1. The highest BCUT2D eigenvalue weighted by Gasteiger charge is 2.19.